The molecule has 0 aromatic heterocycles. The molecule has 0 saturated heterocycles. The van der Waals surface area contributed by atoms with Crippen LogP contribution >= 0.6 is 0 Å². The molecule has 0 aliphatic rings. The van der Waals surface area contributed by atoms with Gasteiger partial charge in [0.1, 0.15) is 6.04 Å². The van der Waals surface area contributed by atoms with Crippen LogP contribution < -0.4 is 4.72 Å². The van der Waals surface area contributed by atoms with E-state index in [1.165, 1.54) is 12.1 Å². The van der Waals surface area contributed by atoms with Crippen LogP contribution in [-0.4, -0.2) is 30.5 Å². The van der Waals surface area contributed by atoms with Crippen molar-refractivity contribution in [2.45, 2.75) is 38.1 Å². The Morgan fingerprint density at radius 2 is 2.00 bits per heavy atom. The molecule has 1 rings (SSSR count). The average molecular weight is 330 g/mol. The lowest BCUT2D eigenvalue weighted by atomic mass is 10.1. The Bertz CT molecular complexity index is 684. The summed E-state index contributed by atoms with van der Waals surface area (Å²) < 4.78 is 26.9. The molecule has 0 fully saturated rings. The summed E-state index contributed by atoms with van der Waals surface area (Å²) in [4.78, 5) is 21.0. The van der Waals surface area contributed by atoms with Crippen LogP contribution in [0.25, 0.3) is 0 Å². The zero-order valence-electron chi connectivity index (χ0n) is 12.4. The first-order chi connectivity index (χ1) is 10.1. The monoisotopic (exact) mass is 330 g/mol. The second kappa shape index (κ2) is 6.84. The number of nitrogens with one attached hydrogen (secondary N) is 1. The Hall–Kier alpha value is -2.00. The van der Waals surface area contributed by atoms with E-state index in [-0.39, 0.29) is 10.6 Å². The van der Waals surface area contributed by atoms with Gasteiger partial charge in [0.25, 0.3) is 5.69 Å². The normalized spacial score (nSPS) is 13.1. The van der Waals surface area contributed by atoms with E-state index in [9.17, 15) is 23.3 Å². The predicted molar refractivity (Wildman–Crippen MR) is 79.1 cm³/mol. The van der Waals surface area contributed by atoms with Crippen molar-refractivity contribution in [3.05, 3.63) is 33.9 Å². The first-order valence-corrected chi connectivity index (χ1v) is 8.11. The van der Waals surface area contributed by atoms with Crippen LogP contribution in [0.2, 0.25) is 0 Å². The number of carboxylic acid groups (broad SMARTS) is 1. The van der Waals surface area contributed by atoms with Crippen molar-refractivity contribution in [1.82, 2.24) is 4.72 Å². The quantitative estimate of drug-likeness (QED) is 0.577. The fraction of sp³-hybridized carbons (Fsp3) is 0.462. The second-order valence-electron chi connectivity index (χ2n) is 5.08. The van der Waals surface area contributed by atoms with E-state index in [0.717, 1.165) is 6.07 Å². The molecule has 22 heavy (non-hydrogen) atoms. The van der Waals surface area contributed by atoms with Gasteiger partial charge in [-0.2, -0.15) is 4.72 Å². The number of nitrogens with zero attached hydrogens (tertiary/aromatic N) is 1. The topological polar surface area (TPSA) is 127 Å². The van der Waals surface area contributed by atoms with Crippen LogP contribution in [0.15, 0.2) is 23.1 Å². The van der Waals surface area contributed by atoms with Crippen LogP contribution in [0, 0.1) is 16.0 Å². The number of hydrogen-bond acceptors (Lipinski definition) is 5. The third kappa shape index (κ3) is 4.01. The van der Waals surface area contributed by atoms with Gasteiger partial charge in [-0.15, -0.1) is 0 Å². The van der Waals surface area contributed by atoms with Gasteiger partial charge < -0.3 is 5.11 Å². The first kappa shape index (κ1) is 18.1. The van der Waals surface area contributed by atoms with Gasteiger partial charge in [0.2, 0.25) is 10.0 Å². The molecule has 1 atom stereocenters. The van der Waals surface area contributed by atoms with E-state index in [4.69, 9.17) is 5.11 Å². The summed E-state index contributed by atoms with van der Waals surface area (Å²) in [6.07, 6.45) is 0.341. The Morgan fingerprint density at radius 3 is 2.41 bits per heavy atom. The molecule has 0 amide bonds. The highest BCUT2D eigenvalue weighted by Gasteiger charge is 2.30. The van der Waals surface area contributed by atoms with Crippen molar-refractivity contribution in [2.24, 2.45) is 5.92 Å². The van der Waals surface area contributed by atoms with Crippen molar-refractivity contribution in [3.8, 4) is 0 Å². The summed E-state index contributed by atoms with van der Waals surface area (Å²) in [5, 5.41) is 19.9. The lowest BCUT2D eigenvalue weighted by molar-refractivity contribution is -0.385. The molecule has 2 N–H and O–H groups in total. The summed E-state index contributed by atoms with van der Waals surface area (Å²) in [7, 11) is -4.18. The van der Waals surface area contributed by atoms with Crippen molar-refractivity contribution in [1.29, 1.82) is 0 Å². The molecule has 0 bridgehead atoms. The maximum atomic E-state index is 12.4. The number of benzene rings is 1. The SMILES string of the molecule is CCc1ccc([N+](=O)[O-])cc1S(=O)(=O)N[C@@H](C(=O)O)C(C)C. The number of sulfonamides is 1. The van der Waals surface area contributed by atoms with Gasteiger partial charge in [0.15, 0.2) is 0 Å². The molecule has 0 radical (unpaired) electrons. The van der Waals surface area contributed by atoms with Crippen LogP contribution in [0.3, 0.4) is 0 Å². The summed E-state index contributed by atoms with van der Waals surface area (Å²) >= 11 is 0. The molecule has 122 valence electrons. The second-order valence-corrected chi connectivity index (χ2v) is 6.77. The molecule has 0 aliphatic heterocycles. The number of nitro benzene ring substituents is 1. The highest BCUT2D eigenvalue weighted by atomic mass is 32.2. The van der Waals surface area contributed by atoms with Crippen LogP contribution in [-0.2, 0) is 21.2 Å². The summed E-state index contributed by atoms with van der Waals surface area (Å²) in [5.74, 6) is -1.78. The molecule has 0 heterocycles. The highest BCUT2D eigenvalue weighted by molar-refractivity contribution is 7.89. The van der Waals surface area contributed by atoms with Crippen molar-refractivity contribution >= 4 is 21.7 Å². The number of carbonyl (C=O) groups is 1. The first-order valence-electron chi connectivity index (χ1n) is 6.62. The standard InChI is InChI=1S/C13H18N2O6S/c1-4-9-5-6-10(15(18)19)7-11(9)22(20,21)14-12(8(2)3)13(16)17/h5-8,12,14H,4H2,1-3H3,(H,16,17)/t12-/m1/s1. The van der Waals surface area contributed by atoms with E-state index in [2.05, 4.69) is 4.72 Å². The van der Waals surface area contributed by atoms with Crippen LogP contribution in [0.5, 0.6) is 0 Å². The smallest absolute Gasteiger partial charge is 0.322 e. The zero-order valence-corrected chi connectivity index (χ0v) is 13.3. The lowest BCUT2D eigenvalue weighted by Gasteiger charge is -2.19. The van der Waals surface area contributed by atoms with Crippen LogP contribution in [0.4, 0.5) is 5.69 Å². The van der Waals surface area contributed by atoms with Crippen LogP contribution in [0.1, 0.15) is 26.3 Å². The summed E-state index contributed by atoms with van der Waals surface area (Å²) in [6.45, 7) is 4.84. The van der Waals surface area contributed by atoms with Crippen molar-refractivity contribution in [3.63, 3.8) is 0 Å². The molecular weight excluding hydrogens is 312 g/mol. The van der Waals surface area contributed by atoms with Gasteiger partial charge in [-0.25, -0.2) is 8.42 Å². The van der Waals surface area contributed by atoms with Gasteiger partial charge >= 0.3 is 5.97 Å². The molecule has 8 nitrogen and oxygen atoms in total. The summed E-state index contributed by atoms with van der Waals surface area (Å²) in [5.41, 5.74) is 0.0139. The van der Waals surface area contributed by atoms with E-state index >= 15 is 0 Å². The fourth-order valence-corrected chi connectivity index (χ4v) is 3.57. The molecule has 0 saturated carbocycles. The van der Waals surface area contributed by atoms with Gasteiger partial charge in [-0.05, 0) is 17.9 Å². The van der Waals surface area contributed by atoms with Crippen molar-refractivity contribution < 1.29 is 23.2 Å². The van der Waals surface area contributed by atoms with Gasteiger partial charge in [-0.1, -0.05) is 26.8 Å². The number of non-ortho nitro benzene ring substituents is 1. The van der Waals surface area contributed by atoms with E-state index in [0.29, 0.717) is 12.0 Å². The number of carboxylic acids is 1. The zero-order chi connectivity index (χ0) is 17.1. The number of hydrogen-bond donors (Lipinski definition) is 2. The van der Waals surface area contributed by atoms with Gasteiger partial charge in [-0.3, -0.25) is 14.9 Å². The minimum absolute atomic E-state index is 0.267. The largest absolute Gasteiger partial charge is 0.480 e. The van der Waals surface area contributed by atoms with Gasteiger partial charge in [0, 0.05) is 12.1 Å². The van der Waals surface area contributed by atoms with E-state index in [1.54, 1.807) is 20.8 Å². The third-order valence-corrected chi connectivity index (χ3v) is 4.67. The molecule has 1 aromatic rings. The molecule has 9 heteroatoms. The maximum Gasteiger partial charge on any atom is 0.322 e. The molecule has 0 unspecified atom stereocenters. The Morgan fingerprint density at radius 1 is 1.41 bits per heavy atom. The van der Waals surface area contributed by atoms with E-state index in [1.807, 2.05) is 0 Å². The Labute approximate surface area is 128 Å². The number of aliphatic carboxylic acids is 1. The maximum absolute atomic E-state index is 12.4. The predicted octanol–water partition coefficient (Wildman–Crippen LogP) is 1.54. The number of nitro groups is 1. The highest BCUT2D eigenvalue weighted by Crippen LogP contribution is 2.23. The molecule has 0 spiro atoms. The lowest BCUT2D eigenvalue weighted by Crippen LogP contribution is -2.44. The summed E-state index contributed by atoms with van der Waals surface area (Å²) in [6, 6.07) is 2.21. The Kier molecular flexibility index (Phi) is 5.61. The number of rotatable bonds is 7. The van der Waals surface area contributed by atoms with Gasteiger partial charge in [0.05, 0.1) is 9.82 Å². The fourth-order valence-electron chi connectivity index (χ4n) is 1.90. The molecule has 0 aliphatic carbocycles. The number of aryl methyl sites for hydroxylation is 1. The third-order valence-electron chi connectivity index (χ3n) is 3.15. The minimum atomic E-state index is -4.18. The van der Waals surface area contributed by atoms with Crippen molar-refractivity contribution in [2.75, 3.05) is 0 Å². The minimum Gasteiger partial charge on any atom is -0.480 e. The molecular formula is C13H18N2O6S. The van der Waals surface area contributed by atoms with E-state index < -0.39 is 32.9 Å². The molecule has 1 aromatic carbocycles. The average Bonchev–Trinajstić information content (AvgIpc) is 2.43. The Balaban J connectivity index is 3.35.